The summed E-state index contributed by atoms with van der Waals surface area (Å²) < 4.78 is 1.21. The van der Waals surface area contributed by atoms with Crippen molar-refractivity contribution in [1.29, 1.82) is 0 Å². The monoisotopic (exact) mass is 922 g/mol. The number of hydrogen-bond acceptors (Lipinski definition) is 6. The first-order valence-corrected chi connectivity index (χ1v) is 23.5. The summed E-state index contributed by atoms with van der Waals surface area (Å²) in [6.45, 7) is 28.7. The van der Waals surface area contributed by atoms with Crippen molar-refractivity contribution in [2.75, 3.05) is 39.3 Å². The quantitative estimate of drug-likeness (QED) is 0.0617. The number of aliphatic imine (C=N–C) groups is 2. The number of hydrogen-bond donors (Lipinski definition) is 4. The number of phenols is 2. The molecule has 0 unspecified atom stereocenters. The summed E-state index contributed by atoms with van der Waals surface area (Å²) in [6, 6.07) is 13.5. The van der Waals surface area contributed by atoms with E-state index in [4.69, 9.17) is 29.8 Å². The number of nitrogens with zero attached hydrogens (tertiary/aromatic N) is 3. The minimum absolute atomic E-state index is 0. The Labute approximate surface area is 398 Å². The molecule has 5 rings (SSSR count). The van der Waals surface area contributed by atoms with Crippen LogP contribution >= 0.6 is 0 Å². The van der Waals surface area contributed by atoms with Gasteiger partial charge >= 0.3 is 11.9 Å². The van der Waals surface area contributed by atoms with E-state index in [-0.39, 0.29) is 35.6 Å². The van der Waals surface area contributed by atoms with Gasteiger partial charge in [-0.2, -0.15) is 0 Å². The Morgan fingerprint density at radius 3 is 1.31 bits per heavy atom. The molecule has 4 N–H and O–H groups in total. The molecule has 0 saturated heterocycles. The van der Waals surface area contributed by atoms with Crippen LogP contribution in [0.5, 0.6) is 11.5 Å². The molecule has 0 spiro atoms. The third-order valence-electron chi connectivity index (χ3n) is 12.9. The van der Waals surface area contributed by atoms with E-state index in [1.54, 1.807) is 11.1 Å². The van der Waals surface area contributed by atoms with Crippen LogP contribution in [0.25, 0.3) is 0 Å². The second-order valence-corrected chi connectivity index (χ2v) is 19.3. The number of aromatic hydroxyl groups is 2. The largest absolute Gasteiger partial charge is 0.507 e. The van der Waals surface area contributed by atoms with Crippen LogP contribution in [0.15, 0.2) is 46.4 Å². The molecule has 0 fully saturated rings. The number of quaternary nitrogens is 1. The van der Waals surface area contributed by atoms with Crippen molar-refractivity contribution in [2.45, 2.75) is 164 Å². The molecule has 356 valence electrons. The van der Waals surface area contributed by atoms with Gasteiger partial charge in [-0.25, -0.2) is 9.59 Å². The summed E-state index contributed by atoms with van der Waals surface area (Å²) in [7, 11) is 0. The molecule has 0 saturated carbocycles. The smallest absolute Gasteiger partial charge is 0.414 e. The number of aliphatic carboxylic acids is 2. The molecular weight excluding hydrogens is 839 g/mol. The van der Waals surface area contributed by atoms with Gasteiger partial charge in [0.15, 0.2) is 0 Å². The van der Waals surface area contributed by atoms with Crippen LogP contribution in [-0.4, -0.2) is 88.5 Å². The van der Waals surface area contributed by atoms with Crippen molar-refractivity contribution in [3.05, 3.63) is 99.5 Å². The zero-order valence-corrected chi connectivity index (χ0v) is 42.7. The van der Waals surface area contributed by atoms with E-state index in [0.29, 0.717) is 24.6 Å². The summed E-state index contributed by atoms with van der Waals surface area (Å²) >= 11 is 0. The van der Waals surface area contributed by atoms with E-state index < -0.39 is 11.9 Å². The summed E-state index contributed by atoms with van der Waals surface area (Å²) in [6.07, 6.45) is 17.7. The van der Waals surface area contributed by atoms with Crippen LogP contribution in [0.2, 0.25) is 0 Å². The fourth-order valence-corrected chi connectivity index (χ4v) is 8.59. The second-order valence-electron chi connectivity index (χ2n) is 19.3. The number of phenolic OH excluding ortho intramolecular Hbond substituents is 2. The first kappa shape index (κ1) is 58.0. The third kappa shape index (κ3) is 17.4. The van der Waals surface area contributed by atoms with Crippen molar-refractivity contribution < 1.29 is 51.9 Å². The maximum atomic E-state index is 11.6. The Kier molecular flexibility index (Phi) is 24.9. The number of carboxylic acids is 2. The van der Waals surface area contributed by atoms with E-state index >= 15 is 0 Å². The first-order chi connectivity index (χ1) is 29.3. The summed E-state index contributed by atoms with van der Waals surface area (Å²) in [4.78, 5) is 27.6. The van der Waals surface area contributed by atoms with Gasteiger partial charge in [-0.3, -0.25) is 9.98 Å². The molecule has 3 aromatic rings. The number of unbranched alkanes of at least 4 members (excludes halogenated alkanes) is 3. The molecule has 0 aromatic heterocycles. The predicted octanol–water partition coefficient (Wildman–Crippen LogP) is 11.4. The molecule has 2 aliphatic heterocycles. The number of benzene rings is 3. The standard InChI is InChI=1S/C51H77N3O2.C2H2O4.CH3.Cr/c1-11-15-16-25-46-38-21-19-23-40-32-44(50(5,6)7)34-42(48(40)55)36-52-29-30-53-37-43-35-45(51(8,9)10)33-41(49(43)56)24-20-22-39(28-27-38)47(46)26-17-18-31-54(12-2,13-3)14-4;3-1(4)2(5)6;;/h27-28,32-37H,11-26,29-31H2,1-10H3,(H-,52,53,55,56);(H,3,4)(H,5,6);1H3;/q;;-1;/p+1. The molecule has 0 amide bonds. The fraction of sp³-hybridized carbons (Fsp3) is 0.574. The summed E-state index contributed by atoms with van der Waals surface area (Å²) in [5, 5.41) is 37.9. The Bertz CT molecular complexity index is 1970. The fourth-order valence-electron chi connectivity index (χ4n) is 8.59. The van der Waals surface area contributed by atoms with Crippen LogP contribution in [-0.2, 0) is 76.3 Å². The van der Waals surface area contributed by atoms with Crippen LogP contribution in [0.3, 0.4) is 0 Å². The van der Waals surface area contributed by atoms with Gasteiger partial charge in [0, 0.05) is 40.9 Å². The molecule has 2 aliphatic rings. The molecule has 9 nitrogen and oxygen atoms in total. The van der Waals surface area contributed by atoms with Crippen molar-refractivity contribution in [2.24, 2.45) is 9.98 Å². The van der Waals surface area contributed by atoms with Crippen molar-refractivity contribution >= 4 is 24.4 Å². The van der Waals surface area contributed by atoms with Gasteiger partial charge < -0.3 is 32.3 Å². The molecule has 0 aliphatic carbocycles. The van der Waals surface area contributed by atoms with Crippen LogP contribution in [0, 0.1) is 7.43 Å². The summed E-state index contributed by atoms with van der Waals surface area (Å²) in [5.74, 6) is -2.95. The number of aryl methyl sites for hydroxylation is 4. The normalized spacial score (nSPS) is 13.7. The third-order valence-corrected chi connectivity index (χ3v) is 12.9. The topological polar surface area (TPSA) is 140 Å². The zero-order chi connectivity index (χ0) is 46.1. The van der Waals surface area contributed by atoms with Gasteiger partial charge in [0.25, 0.3) is 0 Å². The first-order valence-electron chi connectivity index (χ1n) is 23.5. The van der Waals surface area contributed by atoms with Crippen molar-refractivity contribution in [3.8, 4) is 11.5 Å². The SMILES string of the molecule is CCCCCc1c2ccc(c1CCCC[N+](CC)(CC)CC)CCCc1cc(C(C)(C)C)cc(c1O)C=NCCN=Cc1cc(C(C)(C)C)cc(c1O)CCC2.O=C(O)C(=O)O.[CH3-].[Cr]. The Balaban J connectivity index is 0.00000239. The molecule has 0 radical (unpaired) electrons. The molecule has 6 bridgehead atoms. The molecular formula is C54H83CrN3O6. The van der Waals surface area contributed by atoms with Crippen molar-refractivity contribution in [1.82, 2.24) is 0 Å². The van der Waals surface area contributed by atoms with Crippen LogP contribution in [0.1, 0.15) is 170 Å². The van der Waals surface area contributed by atoms with Crippen LogP contribution < -0.4 is 0 Å². The van der Waals surface area contributed by atoms with Gasteiger partial charge in [0.2, 0.25) is 0 Å². The number of fused-ring (bicyclic) bond motifs is 9. The Hall–Kier alpha value is -3.97. The van der Waals surface area contributed by atoms with Crippen molar-refractivity contribution in [3.63, 3.8) is 0 Å². The van der Waals surface area contributed by atoms with Crippen LogP contribution in [0.4, 0.5) is 0 Å². The second kappa shape index (κ2) is 27.5. The van der Waals surface area contributed by atoms with E-state index in [1.165, 1.54) is 85.0 Å². The van der Waals surface area contributed by atoms with E-state index in [2.05, 4.69) is 106 Å². The zero-order valence-electron chi connectivity index (χ0n) is 41.4. The van der Waals surface area contributed by atoms with Gasteiger partial charge in [-0.1, -0.05) is 85.6 Å². The molecule has 2 heterocycles. The Morgan fingerprint density at radius 1 is 0.594 bits per heavy atom. The maximum absolute atomic E-state index is 11.6. The minimum Gasteiger partial charge on any atom is -0.507 e. The Morgan fingerprint density at radius 2 is 0.969 bits per heavy atom. The average molecular weight is 922 g/mol. The maximum Gasteiger partial charge on any atom is 0.414 e. The number of rotatable bonds is 12. The van der Waals surface area contributed by atoms with Gasteiger partial charge in [0.1, 0.15) is 11.5 Å². The molecule has 64 heavy (non-hydrogen) atoms. The average Bonchev–Trinajstić information content (AvgIpc) is 3.21. The number of carboxylic acid groups (broad SMARTS) is 2. The molecule has 3 aromatic carbocycles. The molecule has 10 heteroatoms. The van der Waals surface area contributed by atoms with Gasteiger partial charge in [-0.15, -0.1) is 0 Å². The van der Waals surface area contributed by atoms with E-state index in [9.17, 15) is 10.2 Å². The number of carbonyl (C=O) groups is 2. The minimum atomic E-state index is -1.82. The van der Waals surface area contributed by atoms with Gasteiger partial charge in [-0.05, 0) is 159 Å². The van der Waals surface area contributed by atoms with E-state index in [0.717, 1.165) is 73.6 Å². The summed E-state index contributed by atoms with van der Waals surface area (Å²) in [5.41, 5.74) is 12.1. The molecule has 0 atom stereocenters. The van der Waals surface area contributed by atoms with Gasteiger partial charge in [0.05, 0.1) is 39.3 Å². The van der Waals surface area contributed by atoms with E-state index in [1.807, 2.05) is 12.4 Å². The predicted molar refractivity (Wildman–Crippen MR) is 264 cm³/mol.